The first-order chi connectivity index (χ1) is 12.2. The summed E-state index contributed by atoms with van der Waals surface area (Å²) in [6.07, 6.45) is 8.12. The van der Waals surface area contributed by atoms with E-state index in [4.69, 9.17) is 4.74 Å². The summed E-state index contributed by atoms with van der Waals surface area (Å²) >= 11 is 0. The first kappa shape index (κ1) is 20.2. The van der Waals surface area contributed by atoms with E-state index in [9.17, 15) is 4.39 Å². The normalized spacial score (nSPS) is 14.0. The number of nitrogens with zero attached hydrogens (tertiary/aromatic N) is 2. The van der Waals surface area contributed by atoms with Crippen LogP contribution in [0.5, 0.6) is 11.6 Å². The number of ether oxygens (including phenoxy) is 1. The van der Waals surface area contributed by atoms with Gasteiger partial charge in [0.25, 0.3) is 0 Å². The van der Waals surface area contributed by atoms with Gasteiger partial charge < -0.3 is 15.4 Å². The van der Waals surface area contributed by atoms with Crippen molar-refractivity contribution >= 4 is 29.9 Å². The maximum absolute atomic E-state index is 13.2. The van der Waals surface area contributed by atoms with Crippen LogP contribution in [-0.2, 0) is 6.54 Å². The molecule has 0 bridgehead atoms. The molecule has 0 radical (unpaired) electrons. The highest BCUT2D eigenvalue weighted by molar-refractivity contribution is 14.0. The molecule has 0 spiro atoms. The van der Waals surface area contributed by atoms with E-state index in [0.29, 0.717) is 24.2 Å². The minimum Gasteiger partial charge on any atom is -0.439 e. The lowest BCUT2D eigenvalue weighted by molar-refractivity contribution is 0.457. The van der Waals surface area contributed by atoms with Gasteiger partial charge in [0.15, 0.2) is 5.96 Å². The third-order valence-corrected chi connectivity index (χ3v) is 3.85. The lowest BCUT2D eigenvalue weighted by Gasteiger charge is -2.16. The minimum atomic E-state index is -0.338. The molecule has 2 aromatic rings. The molecule has 0 unspecified atom stereocenters. The Hall–Kier alpha value is -2.16. The van der Waals surface area contributed by atoms with Crippen molar-refractivity contribution in [3.63, 3.8) is 0 Å². The van der Waals surface area contributed by atoms with E-state index in [1.165, 1.54) is 12.1 Å². The monoisotopic (exact) mass is 468 g/mol. The first-order valence-corrected chi connectivity index (χ1v) is 8.23. The fourth-order valence-electron chi connectivity index (χ4n) is 2.54. The van der Waals surface area contributed by atoms with Crippen LogP contribution in [-0.4, -0.2) is 24.0 Å². The van der Waals surface area contributed by atoms with E-state index in [0.717, 1.165) is 24.4 Å². The predicted molar refractivity (Wildman–Crippen MR) is 112 cm³/mol. The number of halogens is 2. The average Bonchev–Trinajstić information content (AvgIpc) is 3.13. The summed E-state index contributed by atoms with van der Waals surface area (Å²) in [4.78, 5) is 8.49. The molecule has 1 aliphatic carbocycles. The van der Waals surface area contributed by atoms with Crippen LogP contribution >= 0.6 is 24.0 Å². The van der Waals surface area contributed by atoms with Crippen LogP contribution < -0.4 is 15.4 Å². The fraction of sp³-hybridized carbons (Fsp3) is 0.263. The fourth-order valence-corrected chi connectivity index (χ4v) is 2.54. The molecule has 1 aromatic heterocycles. The number of aliphatic imine (C=N–C) groups is 1. The van der Waals surface area contributed by atoms with Crippen LogP contribution in [0, 0.1) is 5.82 Å². The molecule has 0 fully saturated rings. The van der Waals surface area contributed by atoms with Crippen LogP contribution in [0.2, 0.25) is 0 Å². The van der Waals surface area contributed by atoms with Gasteiger partial charge in [-0.15, -0.1) is 24.0 Å². The lowest BCUT2D eigenvalue weighted by atomic mass is 10.2. The second-order valence-corrected chi connectivity index (χ2v) is 5.77. The third-order valence-electron chi connectivity index (χ3n) is 3.85. The standard InChI is InChI=1S/C19H21FN4O.HI/c1-21-19(24-16-6-2-3-7-16)23-13-14-9-10-18(22-12-14)25-17-8-4-5-15(20)11-17;/h2-5,8-12,16H,6-7,13H2,1H3,(H2,21,23,24);1H. The highest BCUT2D eigenvalue weighted by atomic mass is 127. The molecule has 0 atom stereocenters. The maximum Gasteiger partial charge on any atom is 0.219 e. The van der Waals surface area contributed by atoms with Gasteiger partial charge in [-0.05, 0) is 30.5 Å². The van der Waals surface area contributed by atoms with Crippen LogP contribution in [0.3, 0.4) is 0 Å². The number of hydrogen-bond acceptors (Lipinski definition) is 3. The summed E-state index contributed by atoms with van der Waals surface area (Å²) in [6, 6.07) is 10.1. The largest absolute Gasteiger partial charge is 0.439 e. The molecule has 0 saturated heterocycles. The summed E-state index contributed by atoms with van der Waals surface area (Å²) in [5.41, 5.74) is 0.999. The van der Waals surface area contributed by atoms with Crippen molar-refractivity contribution in [1.82, 2.24) is 15.6 Å². The Morgan fingerprint density at radius 1 is 1.27 bits per heavy atom. The van der Waals surface area contributed by atoms with Gasteiger partial charge in [0, 0.05) is 38.0 Å². The van der Waals surface area contributed by atoms with E-state index in [2.05, 4.69) is 32.8 Å². The molecule has 1 aliphatic rings. The van der Waals surface area contributed by atoms with Crippen LogP contribution in [0.4, 0.5) is 4.39 Å². The molecular weight excluding hydrogens is 446 g/mol. The van der Waals surface area contributed by atoms with Crippen molar-refractivity contribution in [3.05, 3.63) is 66.1 Å². The molecule has 1 aromatic carbocycles. The van der Waals surface area contributed by atoms with Gasteiger partial charge >= 0.3 is 0 Å². The van der Waals surface area contributed by atoms with Crippen LogP contribution in [0.25, 0.3) is 0 Å². The van der Waals surface area contributed by atoms with Crippen molar-refractivity contribution in [2.75, 3.05) is 7.05 Å². The minimum absolute atomic E-state index is 0. The molecule has 138 valence electrons. The van der Waals surface area contributed by atoms with Crippen molar-refractivity contribution in [3.8, 4) is 11.6 Å². The van der Waals surface area contributed by atoms with E-state index < -0.39 is 0 Å². The number of nitrogens with one attached hydrogen (secondary N) is 2. The summed E-state index contributed by atoms with van der Waals surface area (Å²) in [5, 5.41) is 6.65. The van der Waals surface area contributed by atoms with Crippen molar-refractivity contribution in [2.24, 2.45) is 4.99 Å². The third kappa shape index (κ3) is 5.98. The van der Waals surface area contributed by atoms with Gasteiger partial charge in [-0.2, -0.15) is 0 Å². The number of guanidine groups is 1. The number of benzene rings is 1. The Labute approximate surface area is 169 Å². The molecule has 5 nitrogen and oxygen atoms in total. The first-order valence-electron chi connectivity index (χ1n) is 8.23. The Morgan fingerprint density at radius 3 is 2.73 bits per heavy atom. The smallest absolute Gasteiger partial charge is 0.219 e. The van der Waals surface area contributed by atoms with E-state index in [-0.39, 0.29) is 29.8 Å². The number of aromatic nitrogens is 1. The Balaban J connectivity index is 0.00000243. The van der Waals surface area contributed by atoms with E-state index in [1.54, 1.807) is 31.4 Å². The molecule has 2 N–H and O–H groups in total. The summed E-state index contributed by atoms with van der Waals surface area (Å²) in [7, 11) is 1.76. The van der Waals surface area contributed by atoms with Crippen LogP contribution in [0.1, 0.15) is 18.4 Å². The lowest BCUT2D eigenvalue weighted by Crippen LogP contribution is -2.42. The molecular formula is C19H22FIN4O. The quantitative estimate of drug-likeness (QED) is 0.302. The number of rotatable bonds is 5. The molecule has 0 saturated carbocycles. The second-order valence-electron chi connectivity index (χ2n) is 5.77. The predicted octanol–water partition coefficient (Wildman–Crippen LogP) is 4.01. The van der Waals surface area contributed by atoms with Gasteiger partial charge in [-0.25, -0.2) is 9.37 Å². The highest BCUT2D eigenvalue weighted by Gasteiger charge is 2.11. The molecule has 26 heavy (non-hydrogen) atoms. The van der Waals surface area contributed by atoms with E-state index >= 15 is 0 Å². The van der Waals surface area contributed by atoms with Gasteiger partial charge in [0.1, 0.15) is 11.6 Å². The van der Waals surface area contributed by atoms with Gasteiger partial charge in [0.05, 0.1) is 0 Å². The second kappa shape index (κ2) is 10.1. The Bertz CT molecular complexity index is 756. The summed E-state index contributed by atoms with van der Waals surface area (Å²) in [6.45, 7) is 0.604. The Morgan fingerprint density at radius 2 is 2.08 bits per heavy atom. The van der Waals surface area contributed by atoms with Gasteiger partial charge in [-0.1, -0.05) is 24.3 Å². The molecule has 0 amide bonds. The van der Waals surface area contributed by atoms with E-state index in [1.807, 2.05) is 6.07 Å². The average molecular weight is 468 g/mol. The molecule has 0 aliphatic heterocycles. The topological polar surface area (TPSA) is 58.5 Å². The van der Waals surface area contributed by atoms with Crippen molar-refractivity contribution in [1.29, 1.82) is 0 Å². The molecule has 3 rings (SSSR count). The Kier molecular flexibility index (Phi) is 7.83. The molecule has 7 heteroatoms. The highest BCUT2D eigenvalue weighted by Crippen LogP contribution is 2.20. The zero-order valence-electron chi connectivity index (χ0n) is 14.5. The summed E-state index contributed by atoms with van der Waals surface area (Å²) in [5.74, 6) is 1.28. The number of hydrogen-bond donors (Lipinski definition) is 2. The number of pyridine rings is 1. The zero-order chi connectivity index (χ0) is 17.5. The van der Waals surface area contributed by atoms with Gasteiger partial charge in [0.2, 0.25) is 5.88 Å². The summed E-state index contributed by atoms with van der Waals surface area (Å²) < 4.78 is 18.7. The molecule has 1 heterocycles. The zero-order valence-corrected chi connectivity index (χ0v) is 16.8. The maximum atomic E-state index is 13.2. The van der Waals surface area contributed by atoms with Crippen LogP contribution in [0.15, 0.2) is 59.7 Å². The van der Waals surface area contributed by atoms with Crippen molar-refractivity contribution in [2.45, 2.75) is 25.4 Å². The van der Waals surface area contributed by atoms with Crippen molar-refractivity contribution < 1.29 is 9.13 Å². The van der Waals surface area contributed by atoms with Gasteiger partial charge in [-0.3, -0.25) is 4.99 Å². The SMILES string of the molecule is CN=C(NCc1ccc(Oc2cccc(F)c2)nc1)NC1CC=CC1.I.